The summed E-state index contributed by atoms with van der Waals surface area (Å²) in [5.41, 5.74) is 1.24. The van der Waals surface area contributed by atoms with E-state index in [4.69, 9.17) is 4.99 Å². The first-order valence-corrected chi connectivity index (χ1v) is 10.2. The fourth-order valence-corrected chi connectivity index (χ4v) is 3.21. The third kappa shape index (κ3) is 8.79. The highest BCUT2D eigenvalue weighted by Gasteiger charge is 2.28. The maximum absolute atomic E-state index is 9.40. The number of aldehydes is 1. The van der Waals surface area contributed by atoms with Gasteiger partial charge in [-0.2, -0.15) is 0 Å². The van der Waals surface area contributed by atoms with Crippen LogP contribution in [0.2, 0.25) is 0 Å². The minimum absolute atomic E-state index is 0. The summed E-state index contributed by atoms with van der Waals surface area (Å²) in [7, 11) is 2.19. The van der Waals surface area contributed by atoms with E-state index in [1.165, 1.54) is 24.8 Å². The van der Waals surface area contributed by atoms with Crippen molar-refractivity contribution in [3.8, 4) is 0 Å². The van der Waals surface area contributed by atoms with Gasteiger partial charge in [-0.15, -0.1) is 0 Å². The van der Waals surface area contributed by atoms with Crippen LogP contribution in [0, 0.1) is 5.92 Å². The summed E-state index contributed by atoms with van der Waals surface area (Å²) in [6, 6.07) is 1.23. The van der Waals surface area contributed by atoms with E-state index in [0.29, 0.717) is 24.4 Å². The second kappa shape index (κ2) is 14.7. The van der Waals surface area contributed by atoms with Gasteiger partial charge in [0.25, 0.3) is 0 Å². The summed E-state index contributed by atoms with van der Waals surface area (Å²) in [5.74, 6) is 1.55. The normalized spacial score (nSPS) is 20.6. The van der Waals surface area contributed by atoms with E-state index < -0.39 is 0 Å². The van der Waals surface area contributed by atoms with Gasteiger partial charge < -0.3 is 15.0 Å². The van der Waals surface area contributed by atoms with E-state index in [0.717, 1.165) is 31.5 Å². The van der Waals surface area contributed by atoms with Crippen molar-refractivity contribution in [3.63, 3.8) is 0 Å². The SMILES string of the molecule is C=C/C(=C(/N=C\CC)N(C)[C@@H]1CC[C@H](NCC)C1)C(C)C.CCCC=O.[HH]. The Kier molecular flexibility index (Phi) is 13.9. The summed E-state index contributed by atoms with van der Waals surface area (Å²) in [4.78, 5) is 16.5. The summed E-state index contributed by atoms with van der Waals surface area (Å²) in [6.07, 6.45) is 11.3. The highest BCUT2D eigenvalue weighted by atomic mass is 16.1. The molecule has 1 fully saturated rings. The average Bonchev–Trinajstić information content (AvgIpc) is 3.08. The Morgan fingerprint density at radius 3 is 2.46 bits per heavy atom. The predicted molar refractivity (Wildman–Crippen MR) is 117 cm³/mol. The molecule has 1 aliphatic rings. The molecular formula is C22H43N3O. The minimum Gasteiger partial charge on any atom is -0.356 e. The second-order valence-electron chi connectivity index (χ2n) is 7.15. The lowest BCUT2D eigenvalue weighted by molar-refractivity contribution is -0.107. The Hall–Kier alpha value is -1.42. The Morgan fingerprint density at radius 1 is 1.35 bits per heavy atom. The van der Waals surface area contributed by atoms with E-state index >= 15 is 0 Å². The van der Waals surface area contributed by atoms with Crippen LogP contribution in [-0.2, 0) is 4.79 Å². The summed E-state index contributed by atoms with van der Waals surface area (Å²) < 4.78 is 0. The molecule has 1 rings (SSSR count). The Bertz CT molecular complexity index is 460. The first-order chi connectivity index (χ1) is 12.5. The molecular weight excluding hydrogens is 322 g/mol. The van der Waals surface area contributed by atoms with Gasteiger partial charge in [0.2, 0.25) is 0 Å². The maximum atomic E-state index is 9.40. The smallest absolute Gasteiger partial charge is 0.131 e. The number of aliphatic imine (C=N–C) groups is 1. The van der Waals surface area contributed by atoms with Crippen molar-refractivity contribution >= 4 is 12.5 Å². The minimum atomic E-state index is 0. The molecule has 0 aromatic rings. The largest absolute Gasteiger partial charge is 0.356 e. The zero-order valence-corrected chi connectivity index (χ0v) is 17.9. The van der Waals surface area contributed by atoms with Crippen molar-refractivity contribution in [1.29, 1.82) is 0 Å². The quantitative estimate of drug-likeness (QED) is 0.328. The molecule has 2 atom stereocenters. The van der Waals surface area contributed by atoms with Crippen LogP contribution in [-0.4, -0.2) is 43.1 Å². The molecule has 0 aromatic heterocycles. The standard InChI is InChI=1S/C18H33N3.C4H8O.H2/c1-7-12-20-18(17(8-2)14(4)5)21(6)16-11-10-15(13-16)19-9-3;1-2-3-4-5;/h8,12,14-16,19H,2,7,9-11,13H2,1,3-6H3;4H,2-3H2,1H3;1H/b18-17+,20-12-;;/t15-,16+;;/m0../s1. The molecule has 0 heterocycles. The Labute approximate surface area is 163 Å². The fourth-order valence-electron chi connectivity index (χ4n) is 3.21. The number of nitrogens with zero attached hydrogens (tertiary/aromatic N) is 2. The zero-order chi connectivity index (χ0) is 19.9. The van der Waals surface area contributed by atoms with Crippen LogP contribution in [0.5, 0.6) is 0 Å². The molecule has 26 heavy (non-hydrogen) atoms. The molecule has 0 aliphatic heterocycles. The number of carbonyl (C=O) groups excluding carboxylic acids is 1. The van der Waals surface area contributed by atoms with Gasteiger partial charge in [0.05, 0.1) is 0 Å². The number of rotatable bonds is 10. The van der Waals surface area contributed by atoms with Crippen molar-refractivity contribution < 1.29 is 6.22 Å². The molecule has 152 valence electrons. The lowest BCUT2D eigenvalue weighted by Gasteiger charge is -2.29. The third-order valence-corrected chi connectivity index (χ3v) is 4.68. The van der Waals surface area contributed by atoms with Gasteiger partial charge in [-0.25, -0.2) is 4.99 Å². The number of nitrogens with one attached hydrogen (secondary N) is 1. The molecule has 0 amide bonds. The van der Waals surface area contributed by atoms with E-state index in [-0.39, 0.29) is 1.43 Å². The van der Waals surface area contributed by atoms with Gasteiger partial charge in [-0.05, 0) is 50.1 Å². The van der Waals surface area contributed by atoms with E-state index in [9.17, 15) is 4.79 Å². The van der Waals surface area contributed by atoms with E-state index in [1.807, 2.05) is 19.2 Å². The fraction of sp³-hybridized carbons (Fsp3) is 0.727. The van der Waals surface area contributed by atoms with Crippen molar-refractivity contribution in [2.75, 3.05) is 13.6 Å². The van der Waals surface area contributed by atoms with E-state index in [1.54, 1.807) is 0 Å². The van der Waals surface area contributed by atoms with Gasteiger partial charge in [0.15, 0.2) is 0 Å². The summed E-state index contributed by atoms with van der Waals surface area (Å²) >= 11 is 0. The van der Waals surface area contributed by atoms with Crippen LogP contribution in [0.15, 0.2) is 29.0 Å². The van der Waals surface area contributed by atoms with Crippen LogP contribution in [0.3, 0.4) is 0 Å². The van der Waals surface area contributed by atoms with Crippen molar-refractivity contribution in [2.45, 2.75) is 85.2 Å². The molecule has 0 radical (unpaired) electrons. The van der Waals surface area contributed by atoms with Crippen LogP contribution >= 0.6 is 0 Å². The van der Waals surface area contributed by atoms with Crippen LogP contribution in [0.4, 0.5) is 0 Å². The van der Waals surface area contributed by atoms with Gasteiger partial charge in [0, 0.05) is 33.2 Å². The molecule has 4 nitrogen and oxygen atoms in total. The molecule has 0 bridgehead atoms. The molecule has 0 aromatic carbocycles. The van der Waals surface area contributed by atoms with Gasteiger partial charge in [0.1, 0.15) is 12.1 Å². The lowest BCUT2D eigenvalue weighted by Crippen LogP contribution is -2.33. The number of carbonyl (C=O) groups is 1. The highest BCUT2D eigenvalue weighted by molar-refractivity contribution is 5.58. The number of unbranched alkanes of at least 4 members (excludes halogenated alkanes) is 1. The average molecular weight is 366 g/mol. The highest BCUT2D eigenvalue weighted by Crippen LogP contribution is 2.29. The molecule has 1 N–H and O–H groups in total. The van der Waals surface area contributed by atoms with Gasteiger partial charge in [-0.1, -0.05) is 47.3 Å². The molecule has 0 unspecified atom stereocenters. The lowest BCUT2D eigenvalue weighted by atomic mass is 10.0. The van der Waals surface area contributed by atoms with Gasteiger partial charge >= 0.3 is 0 Å². The molecule has 0 spiro atoms. The number of hydrogen-bond donors (Lipinski definition) is 1. The van der Waals surface area contributed by atoms with Gasteiger partial charge in [-0.3, -0.25) is 0 Å². The topological polar surface area (TPSA) is 44.7 Å². The number of hydrogen-bond acceptors (Lipinski definition) is 4. The first kappa shape index (κ1) is 24.6. The molecule has 0 saturated heterocycles. The Balaban J connectivity index is 0. The van der Waals surface area contributed by atoms with Crippen molar-refractivity contribution in [3.05, 3.63) is 24.0 Å². The Morgan fingerprint density at radius 2 is 2.04 bits per heavy atom. The maximum Gasteiger partial charge on any atom is 0.131 e. The predicted octanol–water partition coefficient (Wildman–Crippen LogP) is 5.21. The summed E-state index contributed by atoms with van der Waals surface area (Å²) in [5, 5.41) is 3.58. The summed E-state index contributed by atoms with van der Waals surface area (Å²) in [6.45, 7) is 15.8. The second-order valence-corrected chi connectivity index (χ2v) is 7.15. The van der Waals surface area contributed by atoms with Crippen LogP contribution < -0.4 is 5.32 Å². The molecule has 1 saturated carbocycles. The van der Waals surface area contributed by atoms with Crippen LogP contribution in [0.1, 0.15) is 74.6 Å². The third-order valence-electron chi connectivity index (χ3n) is 4.68. The van der Waals surface area contributed by atoms with Crippen molar-refractivity contribution in [1.82, 2.24) is 10.2 Å². The molecule has 1 aliphatic carbocycles. The number of allylic oxidation sites excluding steroid dienone is 2. The van der Waals surface area contributed by atoms with Crippen molar-refractivity contribution in [2.24, 2.45) is 10.9 Å². The molecule has 4 heteroatoms. The van der Waals surface area contributed by atoms with Crippen LogP contribution in [0.25, 0.3) is 0 Å². The van der Waals surface area contributed by atoms with E-state index in [2.05, 4.69) is 51.5 Å². The monoisotopic (exact) mass is 365 g/mol. The zero-order valence-electron chi connectivity index (χ0n) is 17.9. The first-order valence-electron chi connectivity index (χ1n) is 10.2.